The van der Waals surface area contributed by atoms with Crippen LogP contribution in [0.3, 0.4) is 0 Å². The van der Waals surface area contributed by atoms with Crippen LogP contribution < -0.4 is 5.32 Å². The molecule has 2 aliphatic rings. The summed E-state index contributed by atoms with van der Waals surface area (Å²) in [7, 11) is 1.85. The molecule has 2 aliphatic heterocycles. The molecule has 2 aromatic rings. The predicted molar refractivity (Wildman–Crippen MR) is 121 cm³/mol. The topological polar surface area (TPSA) is 55.9 Å². The number of nitrogens with zero attached hydrogens (tertiary/aromatic N) is 3. The lowest BCUT2D eigenvalue weighted by atomic mass is 10.1. The Morgan fingerprint density at radius 1 is 1.32 bits per heavy atom. The fourth-order valence-electron chi connectivity index (χ4n) is 4.18. The average molecular weight is 501 g/mol. The summed E-state index contributed by atoms with van der Waals surface area (Å²) in [6, 6.07) is 5.50. The van der Waals surface area contributed by atoms with Crippen molar-refractivity contribution in [1.82, 2.24) is 20.1 Å². The van der Waals surface area contributed by atoms with E-state index in [1.165, 1.54) is 18.1 Å². The van der Waals surface area contributed by atoms with Crippen LogP contribution >= 0.6 is 24.0 Å². The number of fused-ring (bicyclic) bond motifs is 1. The van der Waals surface area contributed by atoms with Gasteiger partial charge in [0.25, 0.3) is 0 Å². The van der Waals surface area contributed by atoms with E-state index in [9.17, 15) is 4.39 Å². The van der Waals surface area contributed by atoms with Crippen LogP contribution in [-0.4, -0.2) is 79.8 Å². The maximum absolute atomic E-state index is 13.3. The highest BCUT2D eigenvalue weighted by Crippen LogP contribution is 2.20. The largest absolute Gasteiger partial charge is 0.379 e. The summed E-state index contributed by atoms with van der Waals surface area (Å²) < 4.78 is 18.8. The Morgan fingerprint density at radius 3 is 2.93 bits per heavy atom. The van der Waals surface area contributed by atoms with Crippen LogP contribution in [0.5, 0.6) is 0 Å². The first-order chi connectivity index (χ1) is 13.2. The molecule has 4 rings (SSSR count). The van der Waals surface area contributed by atoms with Crippen molar-refractivity contribution in [3.63, 3.8) is 0 Å². The van der Waals surface area contributed by atoms with E-state index in [0.29, 0.717) is 6.04 Å². The number of ether oxygens (including phenoxy) is 1. The van der Waals surface area contributed by atoms with Gasteiger partial charge in [0.2, 0.25) is 0 Å². The number of aliphatic imine (C=N–C) groups is 1. The second-order valence-electron chi connectivity index (χ2n) is 7.26. The number of aromatic nitrogens is 1. The number of morpholine rings is 1. The molecule has 28 heavy (non-hydrogen) atoms. The molecule has 2 fully saturated rings. The Bertz CT molecular complexity index is 805. The van der Waals surface area contributed by atoms with E-state index in [1.807, 2.05) is 19.3 Å². The number of hydrogen-bond acceptors (Lipinski definition) is 3. The molecule has 2 saturated heterocycles. The number of hydrogen-bond donors (Lipinski definition) is 2. The Kier molecular flexibility index (Phi) is 7.53. The maximum atomic E-state index is 13.3. The molecular weight excluding hydrogens is 472 g/mol. The van der Waals surface area contributed by atoms with Crippen molar-refractivity contribution in [2.24, 2.45) is 4.99 Å². The van der Waals surface area contributed by atoms with Crippen molar-refractivity contribution < 1.29 is 9.13 Å². The van der Waals surface area contributed by atoms with Crippen LogP contribution in [0, 0.1) is 5.82 Å². The first-order valence-corrected chi connectivity index (χ1v) is 9.77. The van der Waals surface area contributed by atoms with E-state index < -0.39 is 0 Å². The molecular formula is C20H29FIN5O. The fourth-order valence-corrected chi connectivity index (χ4v) is 4.18. The van der Waals surface area contributed by atoms with E-state index in [-0.39, 0.29) is 29.8 Å². The van der Waals surface area contributed by atoms with Gasteiger partial charge in [0.05, 0.1) is 13.2 Å². The molecule has 0 amide bonds. The molecule has 0 radical (unpaired) electrons. The minimum atomic E-state index is -0.210. The molecule has 1 atom stereocenters. The Morgan fingerprint density at radius 2 is 2.14 bits per heavy atom. The van der Waals surface area contributed by atoms with Gasteiger partial charge in [0, 0.05) is 62.9 Å². The predicted octanol–water partition coefficient (Wildman–Crippen LogP) is 2.45. The third kappa shape index (κ3) is 4.77. The third-order valence-electron chi connectivity index (χ3n) is 5.64. The van der Waals surface area contributed by atoms with E-state index in [0.717, 1.165) is 69.2 Å². The van der Waals surface area contributed by atoms with Crippen LogP contribution in [0.15, 0.2) is 29.4 Å². The van der Waals surface area contributed by atoms with Crippen molar-refractivity contribution >= 4 is 40.8 Å². The smallest absolute Gasteiger partial charge is 0.193 e. The molecule has 154 valence electrons. The van der Waals surface area contributed by atoms with Gasteiger partial charge < -0.3 is 19.9 Å². The number of aromatic amines is 1. The number of nitrogens with one attached hydrogen (secondary N) is 2. The molecule has 1 aromatic heterocycles. The summed E-state index contributed by atoms with van der Waals surface area (Å²) in [5.74, 6) is 0.759. The lowest BCUT2D eigenvalue weighted by molar-refractivity contribution is 0.0195. The van der Waals surface area contributed by atoms with Gasteiger partial charge in [-0.3, -0.25) is 9.89 Å². The summed E-state index contributed by atoms with van der Waals surface area (Å²) in [6.45, 7) is 6.61. The molecule has 2 N–H and O–H groups in total. The summed E-state index contributed by atoms with van der Waals surface area (Å²) in [4.78, 5) is 12.5. The second-order valence-corrected chi connectivity index (χ2v) is 7.26. The Balaban J connectivity index is 0.00000225. The zero-order chi connectivity index (χ0) is 18.6. The molecule has 3 heterocycles. The lowest BCUT2D eigenvalue weighted by Crippen LogP contribution is -2.46. The summed E-state index contributed by atoms with van der Waals surface area (Å²) in [5, 5.41) is 4.58. The van der Waals surface area contributed by atoms with Crippen molar-refractivity contribution in [3.05, 3.63) is 35.8 Å². The molecule has 0 spiro atoms. The van der Waals surface area contributed by atoms with Gasteiger partial charge in [-0.05, 0) is 36.6 Å². The zero-order valence-corrected chi connectivity index (χ0v) is 18.6. The van der Waals surface area contributed by atoms with Gasteiger partial charge in [-0.15, -0.1) is 24.0 Å². The monoisotopic (exact) mass is 501 g/mol. The third-order valence-corrected chi connectivity index (χ3v) is 5.64. The van der Waals surface area contributed by atoms with E-state index in [1.54, 1.807) is 6.07 Å². The normalized spacial score (nSPS) is 21.1. The molecule has 1 unspecified atom stereocenters. The van der Waals surface area contributed by atoms with Crippen molar-refractivity contribution in [1.29, 1.82) is 0 Å². The molecule has 0 aliphatic carbocycles. The standard InChI is InChI=1S/C20H28FN5O.HI/c1-22-20(26-7-5-17(14-26)25-8-10-27-11-9-25)23-6-4-15-13-24-19-12-16(21)2-3-18(15)19;/h2-3,12-13,17,24H,4-11,14H2,1H3,(H,22,23);1H. The number of rotatable bonds is 4. The van der Waals surface area contributed by atoms with Crippen LogP contribution in [0.4, 0.5) is 4.39 Å². The first-order valence-electron chi connectivity index (χ1n) is 9.77. The zero-order valence-electron chi connectivity index (χ0n) is 16.3. The highest BCUT2D eigenvalue weighted by atomic mass is 127. The lowest BCUT2D eigenvalue weighted by Gasteiger charge is -2.32. The van der Waals surface area contributed by atoms with Crippen LogP contribution in [0.1, 0.15) is 12.0 Å². The van der Waals surface area contributed by atoms with E-state index in [4.69, 9.17) is 4.74 Å². The number of benzene rings is 1. The molecule has 8 heteroatoms. The number of likely N-dealkylation sites (tertiary alicyclic amines) is 1. The van der Waals surface area contributed by atoms with Gasteiger partial charge in [-0.2, -0.15) is 0 Å². The fraction of sp³-hybridized carbons (Fsp3) is 0.550. The molecule has 0 bridgehead atoms. The minimum absolute atomic E-state index is 0. The molecule has 1 aromatic carbocycles. The summed E-state index contributed by atoms with van der Waals surface area (Å²) in [5.41, 5.74) is 2.04. The Labute approximate surface area is 182 Å². The molecule has 6 nitrogen and oxygen atoms in total. The van der Waals surface area contributed by atoms with Gasteiger partial charge in [-0.25, -0.2) is 4.39 Å². The van der Waals surface area contributed by atoms with Crippen LogP contribution in [0.25, 0.3) is 10.9 Å². The van der Waals surface area contributed by atoms with E-state index in [2.05, 4.69) is 25.1 Å². The van der Waals surface area contributed by atoms with Crippen LogP contribution in [0.2, 0.25) is 0 Å². The van der Waals surface area contributed by atoms with Gasteiger partial charge in [-0.1, -0.05) is 0 Å². The van der Waals surface area contributed by atoms with Crippen molar-refractivity contribution in [2.45, 2.75) is 18.9 Å². The highest BCUT2D eigenvalue weighted by molar-refractivity contribution is 14.0. The van der Waals surface area contributed by atoms with Crippen molar-refractivity contribution in [3.8, 4) is 0 Å². The van der Waals surface area contributed by atoms with Gasteiger partial charge in [0.15, 0.2) is 5.96 Å². The quantitative estimate of drug-likeness (QED) is 0.384. The van der Waals surface area contributed by atoms with E-state index >= 15 is 0 Å². The number of halogens is 2. The Hall–Kier alpha value is -1.39. The van der Waals surface area contributed by atoms with Gasteiger partial charge >= 0.3 is 0 Å². The maximum Gasteiger partial charge on any atom is 0.193 e. The van der Waals surface area contributed by atoms with Crippen LogP contribution in [-0.2, 0) is 11.2 Å². The molecule has 0 saturated carbocycles. The highest BCUT2D eigenvalue weighted by Gasteiger charge is 2.30. The van der Waals surface area contributed by atoms with Gasteiger partial charge in [0.1, 0.15) is 5.82 Å². The second kappa shape index (κ2) is 9.89. The minimum Gasteiger partial charge on any atom is -0.379 e. The summed E-state index contributed by atoms with van der Waals surface area (Å²) >= 11 is 0. The summed E-state index contributed by atoms with van der Waals surface area (Å²) in [6.07, 6.45) is 4.01. The average Bonchev–Trinajstić information content (AvgIpc) is 3.33. The SMILES string of the molecule is CN=C(NCCc1c[nH]c2cc(F)ccc12)N1CCC(N2CCOCC2)C1.I. The van der Waals surface area contributed by atoms with Crippen molar-refractivity contribution in [2.75, 3.05) is 53.0 Å². The number of H-pyrrole nitrogens is 1. The first kappa shape index (κ1) is 21.3. The number of guanidine groups is 1.